The molecule has 0 saturated carbocycles. The summed E-state index contributed by atoms with van der Waals surface area (Å²) in [6.45, 7) is 3.01. The number of halogens is 1. The fourth-order valence-corrected chi connectivity index (χ4v) is 1.95. The number of carbonyl (C=O) groups is 1. The number of rotatable bonds is 4. The Balaban J connectivity index is 2.13. The van der Waals surface area contributed by atoms with Crippen molar-refractivity contribution >= 4 is 11.6 Å². The van der Waals surface area contributed by atoms with E-state index in [0.717, 1.165) is 5.56 Å². The van der Waals surface area contributed by atoms with E-state index in [1.165, 1.54) is 24.3 Å². The minimum Gasteiger partial charge on any atom is -0.399 e. The van der Waals surface area contributed by atoms with Crippen LogP contribution < -0.4 is 5.73 Å². The summed E-state index contributed by atoms with van der Waals surface area (Å²) in [5, 5.41) is 0. The smallest absolute Gasteiger partial charge is 0.254 e. The molecule has 2 aromatic rings. The first-order chi connectivity index (χ1) is 9.60. The zero-order chi connectivity index (χ0) is 14.5. The average Bonchev–Trinajstić information content (AvgIpc) is 2.47. The molecule has 0 unspecified atom stereocenters. The Labute approximate surface area is 117 Å². The van der Waals surface area contributed by atoms with Gasteiger partial charge in [0.1, 0.15) is 5.82 Å². The predicted molar refractivity (Wildman–Crippen MR) is 77.7 cm³/mol. The van der Waals surface area contributed by atoms with Crippen LogP contribution in [0, 0.1) is 5.82 Å². The number of anilines is 1. The van der Waals surface area contributed by atoms with Crippen molar-refractivity contribution in [3.05, 3.63) is 65.5 Å². The summed E-state index contributed by atoms with van der Waals surface area (Å²) in [4.78, 5) is 14.0. The molecule has 104 valence electrons. The minimum absolute atomic E-state index is 0.107. The number of benzene rings is 2. The van der Waals surface area contributed by atoms with Gasteiger partial charge in [-0.25, -0.2) is 4.39 Å². The Morgan fingerprint density at radius 3 is 2.25 bits per heavy atom. The molecule has 0 bridgehead atoms. The first kappa shape index (κ1) is 14.1. The van der Waals surface area contributed by atoms with Crippen LogP contribution in [0.4, 0.5) is 10.1 Å². The molecule has 0 aliphatic carbocycles. The standard InChI is InChI=1S/C16H17FN2O/c1-2-19(11-12-3-9-15(18)10-4-12)16(20)13-5-7-14(17)8-6-13/h3-10H,2,11,18H2,1H3. The first-order valence-electron chi connectivity index (χ1n) is 6.49. The van der Waals surface area contributed by atoms with Gasteiger partial charge in [-0.3, -0.25) is 4.79 Å². The highest BCUT2D eigenvalue weighted by Gasteiger charge is 2.14. The molecule has 0 saturated heterocycles. The largest absolute Gasteiger partial charge is 0.399 e. The minimum atomic E-state index is -0.344. The number of nitrogens with two attached hydrogens (primary N) is 1. The van der Waals surface area contributed by atoms with Crippen molar-refractivity contribution in [2.45, 2.75) is 13.5 Å². The maximum Gasteiger partial charge on any atom is 0.254 e. The monoisotopic (exact) mass is 272 g/mol. The molecule has 0 fully saturated rings. The van der Waals surface area contributed by atoms with Gasteiger partial charge < -0.3 is 10.6 Å². The highest BCUT2D eigenvalue weighted by molar-refractivity contribution is 5.94. The van der Waals surface area contributed by atoms with Crippen molar-refractivity contribution in [2.24, 2.45) is 0 Å². The van der Waals surface area contributed by atoms with Crippen LogP contribution in [-0.2, 0) is 6.54 Å². The lowest BCUT2D eigenvalue weighted by Gasteiger charge is -2.21. The van der Waals surface area contributed by atoms with E-state index in [-0.39, 0.29) is 11.7 Å². The van der Waals surface area contributed by atoms with Crippen molar-refractivity contribution in [1.82, 2.24) is 4.90 Å². The van der Waals surface area contributed by atoms with Crippen LogP contribution in [0.1, 0.15) is 22.8 Å². The molecule has 2 N–H and O–H groups in total. The molecule has 0 spiro atoms. The van der Waals surface area contributed by atoms with Gasteiger partial charge in [-0.05, 0) is 48.9 Å². The van der Waals surface area contributed by atoms with Gasteiger partial charge >= 0.3 is 0 Å². The highest BCUT2D eigenvalue weighted by atomic mass is 19.1. The fraction of sp³-hybridized carbons (Fsp3) is 0.188. The van der Waals surface area contributed by atoms with Crippen LogP contribution >= 0.6 is 0 Å². The summed E-state index contributed by atoms with van der Waals surface area (Å²) in [6.07, 6.45) is 0. The predicted octanol–water partition coefficient (Wildman–Crippen LogP) is 3.07. The van der Waals surface area contributed by atoms with E-state index in [0.29, 0.717) is 24.3 Å². The average molecular weight is 272 g/mol. The molecule has 20 heavy (non-hydrogen) atoms. The summed E-state index contributed by atoms with van der Waals surface area (Å²) < 4.78 is 12.9. The van der Waals surface area contributed by atoms with Gasteiger partial charge in [-0.2, -0.15) is 0 Å². The molecular weight excluding hydrogens is 255 g/mol. The molecule has 0 aliphatic heterocycles. The van der Waals surface area contributed by atoms with Gasteiger partial charge in [0.15, 0.2) is 0 Å². The lowest BCUT2D eigenvalue weighted by Crippen LogP contribution is -2.30. The van der Waals surface area contributed by atoms with Crippen LogP contribution in [0.5, 0.6) is 0 Å². The third-order valence-electron chi connectivity index (χ3n) is 3.11. The van der Waals surface area contributed by atoms with Crippen molar-refractivity contribution in [2.75, 3.05) is 12.3 Å². The van der Waals surface area contributed by atoms with Gasteiger partial charge in [-0.1, -0.05) is 12.1 Å². The second-order valence-electron chi connectivity index (χ2n) is 4.57. The van der Waals surface area contributed by atoms with E-state index >= 15 is 0 Å². The van der Waals surface area contributed by atoms with Crippen LogP contribution in [0.15, 0.2) is 48.5 Å². The topological polar surface area (TPSA) is 46.3 Å². The lowest BCUT2D eigenvalue weighted by molar-refractivity contribution is 0.0752. The summed E-state index contributed by atoms with van der Waals surface area (Å²) in [5.41, 5.74) is 7.84. The Morgan fingerprint density at radius 2 is 1.70 bits per heavy atom. The second kappa shape index (κ2) is 6.19. The van der Waals surface area contributed by atoms with Crippen molar-refractivity contribution in [1.29, 1.82) is 0 Å². The number of nitrogens with zero attached hydrogens (tertiary/aromatic N) is 1. The Hall–Kier alpha value is -2.36. The molecule has 2 aromatic carbocycles. The molecule has 0 aliphatic rings. The summed E-state index contributed by atoms with van der Waals surface area (Å²) in [7, 11) is 0. The quantitative estimate of drug-likeness (QED) is 0.869. The van der Waals surface area contributed by atoms with Crippen LogP contribution in [-0.4, -0.2) is 17.4 Å². The molecule has 3 nitrogen and oxygen atoms in total. The molecule has 0 heterocycles. The van der Waals surface area contributed by atoms with Gasteiger partial charge in [0.25, 0.3) is 5.91 Å². The first-order valence-corrected chi connectivity index (χ1v) is 6.49. The van der Waals surface area contributed by atoms with Crippen LogP contribution in [0.25, 0.3) is 0 Å². The van der Waals surface area contributed by atoms with E-state index in [1.807, 2.05) is 31.2 Å². The van der Waals surface area contributed by atoms with E-state index in [1.54, 1.807) is 4.90 Å². The molecule has 2 rings (SSSR count). The fourth-order valence-electron chi connectivity index (χ4n) is 1.95. The van der Waals surface area contributed by atoms with Crippen LogP contribution in [0.3, 0.4) is 0 Å². The molecule has 0 radical (unpaired) electrons. The number of carbonyl (C=O) groups excluding carboxylic acids is 1. The van der Waals surface area contributed by atoms with E-state index in [4.69, 9.17) is 5.73 Å². The summed E-state index contributed by atoms with van der Waals surface area (Å²) in [5.74, 6) is -0.451. The number of amides is 1. The van der Waals surface area contributed by atoms with E-state index in [9.17, 15) is 9.18 Å². The summed E-state index contributed by atoms with van der Waals surface area (Å²) >= 11 is 0. The van der Waals surface area contributed by atoms with E-state index in [2.05, 4.69) is 0 Å². The Bertz CT molecular complexity index is 578. The normalized spacial score (nSPS) is 10.3. The van der Waals surface area contributed by atoms with E-state index < -0.39 is 0 Å². The van der Waals surface area contributed by atoms with Gasteiger partial charge in [0.05, 0.1) is 0 Å². The van der Waals surface area contributed by atoms with Gasteiger partial charge in [-0.15, -0.1) is 0 Å². The second-order valence-corrected chi connectivity index (χ2v) is 4.57. The third-order valence-corrected chi connectivity index (χ3v) is 3.11. The Morgan fingerprint density at radius 1 is 1.10 bits per heavy atom. The Kier molecular flexibility index (Phi) is 4.35. The molecule has 0 atom stereocenters. The maximum atomic E-state index is 12.9. The lowest BCUT2D eigenvalue weighted by atomic mass is 10.1. The van der Waals surface area contributed by atoms with Gasteiger partial charge in [0.2, 0.25) is 0 Å². The van der Waals surface area contributed by atoms with Crippen molar-refractivity contribution < 1.29 is 9.18 Å². The highest BCUT2D eigenvalue weighted by Crippen LogP contribution is 2.12. The molecule has 0 aromatic heterocycles. The van der Waals surface area contributed by atoms with Crippen LogP contribution in [0.2, 0.25) is 0 Å². The van der Waals surface area contributed by atoms with Crippen molar-refractivity contribution in [3.8, 4) is 0 Å². The zero-order valence-corrected chi connectivity index (χ0v) is 11.3. The number of hydrogen-bond acceptors (Lipinski definition) is 2. The number of nitrogen functional groups attached to an aromatic ring is 1. The third kappa shape index (κ3) is 3.35. The SMILES string of the molecule is CCN(Cc1ccc(N)cc1)C(=O)c1ccc(F)cc1. The van der Waals surface area contributed by atoms with Crippen molar-refractivity contribution in [3.63, 3.8) is 0 Å². The number of hydrogen-bond donors (Lipinski definition) is 1. The molecule has 1 amide bonds. The maximum absolute atomic E-state index is 12.9. The molecular formula is C16H17FN2O. The summed E-state index contributed by atoms with van der Waals surface area (Å²) in [6, 6.07) is 13.0. The molecule has 4 heteroatoms. The zero-order valence-electron chi connectivity index (χ0n) is 11.3. The van der Waals surface area contributed by atoms with Gasteiger partial charge in [0, 0.05) is 24.3 Å².